The van der Waals surface area contributed by atoms with Gasteiger partial charge in [-0.3, -0.25) is 0 Å². The van der Waals surface area contributed by atoms with E-state index >= 15 is 0 Å². The van der Waals surface area contributed by atoms with Gasteiger partial charge in [0.1, 0.15) is 6.29 Å². The van der Waals surface area contributed by atoms with Crippen molar-refractivity contribution in [2.24, 2.45) is 52.6 Å². The van der Waals surface area contributed by atoms with Gasteiger partial charge < -0.3 is 15.8 Å². The van der Waals surface area contributed by atoms with E-state index in [9.17, 15) is 4.79 Å². The van der Waals surface area contributed by atoms with Crippen molar-refractivity contribution >= 4 is 6.29 Å². The number of allylic oxidation sites excluding steroid dienone is 1. The fraction of sp³-hybridized carbons (Fsp3) is 0.885. The van der Waals surface area contributed by atoms with Crippen LogP contribution in [0.25, 0.3) is 0 Å². The molecule has 162 valence electrons. The summed E-state index contributed by atoms with van der Waals surface area (Å²) in [6, 6.07) is 0.338. The maximum absolute atomic E-state index is 12.1. The SMILES string of the molecule is C=C1CC[C@@H]2[C@H]([C@@H]3C[C@@H](C4CCCC4)C[C@H]13)[C@@]2([C@H]1CCC[C@H](NC)C1)[C@H](N)C=O. The van der Waals surface area contributed by atoms with E-state index in [1.807, 2.05) is 0 Å². The Bertz CT molecular complexity index is 641. The average Bonchev–Trinajstić information content (AvgIpc) is 3.08. The molecule has 0 heterocycles. The molecule has 0 unspecified atom stereocenters. The summed E-state index contributed by atoms with van der Waals surface area (Å²) in [5.41, 5.74) is 8.33. The van der Waals surface area contributed by atoms with E-state index in [0.717, 1.165) is 24.0 Å². The quantitative estimate of drug-likeness (QED) is 0.521. The van der Waals surface area contributed by atoms with Crippen molar-refractivity contribution in [2.45, 2.75) is 89.1 Å². The predicted octanol–water partition coefficient (Wildman–Crippen LogP) is 4.71. The molecule has 0 aliphatic heterocycles. The highest BCUT2D eigenvalue weighted by Crippen LogP contribution is 2.76. The lowest BCUT2D eigenvalue weighted by Gasteiger charge is -2.39. The Morgan fingerprint density at radius 2 is 1.86 bits per heavy atom. The topological polar surface area (TPSA) is 55.1 Å². The van der Waals surface area contributed by atoms with E-state index in [4.69, 9.17) is 5.73 Å². The van der Waals surface area contributed by atoms with Crippen LogP contribution in [-0.4, -0.2) is 25.4 Å². The summed E-state index contributed by atoms with van der Waals surface area (Å²) in [6.45, 7) is 4.57. The van der Waals surface area contributed by atoms with Crippen molar-refractivity contribution in [1.29, 1.82) is 0 Å². The van der Waals surface area contributed by atoms with Crippen molar-refractivity contribution in [3.05, 3.63) is 12.2 Å². The summed E-state index contributed by atoms with van der Waals surface area (Å²) in [4.78, 5) is 12.1. The summed E-state index contributed by atoms with van der Waals surface area (Å²) in [7, 11) is 2.10. The van der Waals surface area contributed by atoms with Crippen LogP contribution >= 0.6 is 0 Å². The summed E-state index contributed by atoms with van der Waals surface area (Å²) < 4.78 is 0. The minimum Gasteiger partial charge on any atom is -0.321 e. The van der Waals surface area contributed by atoms with Gasteiger partial charge in [-0.05, 0) is 93.4 Å². The number of rotatable bonds is 5. The average molecular weight is 399 g/mol. The number of fused-ring (bicyclic) bond motifs is 3. The number of hydrogen-bond donors (Lipinski definition) is 2. The monoisotopic (exact) mass is 398 g/mol. The molecule has 0 bridgehead atoms. The third-order valence-electron chi connectivity index (χ3n) is 10.5. The molecular formula is C26H42N2O. The maximum atomic E-state index is 12.1. The van der Waals surface area contributed by atoms with Crippen molar-refractivity contribution in [3.63, 3.8) is 0 Å². The molecule has 5 rings (SSSR count). The van der Waals surface area contributed by atoms with E-state index in [-0.39, 0.29) is 11.5 Å². The zero-order valence-electron chi connectivity index (χ0n) is 18.5. The Labute approximate surface area is 177 Å². The highest BCUT2D eigenvalue weighted by atomic mass is 16.1. The molecule has 0 amide bonds. The van der Waals surface area contributed by atoms with E-state index in [1.165, 1.54) is 82.6 Å². The standard InChI is InChI=1S/C26H42N2O/c1-16-10-11-23-25(22-13-18(12-21(16)22)17-6-3-4-7-17)26(23,24(27)15-29)19-8-5-9-20(14-19)28-2/h15,17-25,28H,1,3-14,27H2,2H3/t18-,19-,20-,21+,22+,23+,24+,25-,26+/m0/s1. The molecule has 3 nitrogen and oxygen atoms in total. The molecule has 0 saturated heterocycles. The van der Waals surface area contributed by atoms with Crippen LogP contribution in [0.3, 0.4) is 0 Å². The maximum Gasteiger partial charge on any atom is 0.137 e. The van der Waals surface area contributed by atoms with Crippen LogP contribution < -0.4 is 11.1 Å². The van der Waals surface area contributed by atoms with Crippen molar-refractivity contribution in [1.82, 2.24) is 5.32 Å². The molecule has 0 aromatic heterocycles. The lowest BCUT2D eigenvalue weighted by atomic mass is 9.68. The second kappa shape index (κ2) is 7.79. The third kappa shape index (κ3) is 3.09. The van der Waals surface area contributed by atoms with Crippen LogP contribution in [0.1, 0.15) is 77.0 Å². The van der Waals surface area contributed by atoms with Gasteiger partial charge >= 0.3 is 0 Å². The van der Waals surface area contributed by atoms with Gasteiger partial charge in [-0.25, -0.2) is 0 Å². The Hall–Kier alpha value is -0.670. The van der Waals surface area contributed by atoms with Crippen molar-refractivity contribution < 1.29 is 4.79 Å². The summed E-state index contributed by atoms with van der Waals surface area (Å²) >= 11 is 0. The van der Waals surface area contributed by atoms with Crippen molar-refractivity contribution in [2.75, 3.05) is 7.05 Å². The molecule has 9 atom stereocenters. The molecule has 0 spiro atoms. The minimum atomic E-state index is -0.268. The van der Waals surface area contributed by atoms with Crippen LogP contribution in [0.15, 0.2) is 12.2 Å². The second-order valence-electron chi connectivity index (χ2n) is 11.4. The summed E-state index contributed by atoms with van der Waals surface area (Å²) in [5.74, 6) is 5.30. The van der Waals surface area contributed by atoms with E-state index in [2.05, 4.69) is 18.9 Å². The molecule has 0 radical (unpaired) electrons. The Morgan fingerprint density at radius 1 is 1.07 bits per heavy atom. The van der Waals surface area contributed by atoms with Gasteiger partial charge in [-0.15, -0.1) is 0 Å². The Balaban J connectivity index is 1.44. The fourth-order valence-corrected chi connectivity index (χ4v) is 9.29. The van der Waals surface area contributed by atoms with Gasteiger partial charge in [0.2, 0.25) is 0 Å². The number of nitrogens with one attached hydrogen (secondary N) is 1. The fourth-order valence-electron chi connectivity index (χ4n) is 9.29. The lowest BCUT2D eigenvalue weighted by molar-refractivity contribution is -0.111. The molecular weight excluding hydrogens is 356 g/mol. The van der Waals surface area contributed by atoms with Crippen LogP contribution in [0, 0.1) is 46.8 Å². The van der Waals surface area contributed by atoms with E-state index in [1.54, 1.807) is 0 Å². The number of hydrogen-bond acceptors (Lipinski definition) is 3. The van der Waals surface area contributed by atoms with Gasteiger partial charge in [0, 0.05) is 11.5 Å². The Kier molecular flexibility index (Phi) is 5.44. The Morgan fingerprint density at radius 3 is 2.59 bits per heavy atom. The zero-order chi connectivity index (χ0) is 20.2. The second-order valence-corrected chi connectivity index (χ2v) is 11.4. The van der Waals surface area contributed by atoms with Gasteiger partial charge in [0.15, 0.2) is 0 Å². The first-order chi connectivity index (χ1) is 14.1. The minimum absolute atomic E-state index is 0.0887. The van der Waals surface area contributed by atoms with E-state index < -0.39 is 0 Å². The largest absolute Gasteiger partial charge is 0.321 e. The first kappa shape index (κ1) is 20.2. The zero-order valence-corrected chi connectivity index (χ0v) is 18.5. The van der Waals surface area contributed by atoms with E-state index in [0.29, 0.717) is 29.7 Å². The molecule has 0 aromatic carbocycles. The molecule has 5 fully saturated rings. The van der Waals surface area contributed by atoms with Gasteiger partial charge in [0.25, 0.3) is 0 Å². The van der Waals surface area contributed by atoms with Gasteiger partial charge in [-0.1, -0.05) is 44.3 Å². The van der Waals surface area contributed by atoms with Crippen LogP contribution in [0.4, 0.5) is 0 Å². The summed E-state index contributed by atoms with van der Waals surface area (Å²) in [6.07, 6.45) is 17.1. The highest BCUT2D eigenvalue weighted by molar-refractivity contribution is 5.61. The van der Waals surface area contributed by atoms with Crippen LogP contribution in [0.5, 0.6) is 0 Å². The molecule has 5 aliphatic rings. The molecule has 0 aromatic rings. The molecule has 29 heavy (non-hydrogen) atoms. The third-order valence-corrected chi connectivity index (χ3v) is 10.5. The predicted molar refractivity (Wildman–Crippen MR) is 118 cm³/mol. The van der Waals surface area contributed by atoms with Crippen LogP contribution in [0.2, 0.25) is 0 Å². The van der Waals surface area contributed by atoms with Gasteiger partial charge in [-0.2, -0.15) is 0 Å². The number of carbonyl (C=O) groups excluding carboxylic acids is 1. The highest BCUT2D eigenvalue weighted by Gasteiger charge is 2.73. The lowest BCUT2D eigenvalue weighted by Crippen LogP contribution is -2.46. The number of carbonyl (C=O) groups is 1. The van der Waals surface area contributed by atoms with Crippen molar-refractivity contribution in [3.8, 4) is 0 Å². The van der Waals surface area contributed by atoms with Gasteiger partial charge in [0.05, 0.1) is 6.04 Å². The first-order valence-corrected chi connectivity index (χ1v) is 12.7. The molecule has 3 N–H and O–H groups in total. The molecule has 3 heteroatoms. The molecule has 5 saturated carbocycles. The first-order valence-electron chi connectivity index (χ1n) is 12.7. The van der Waals surface area contributed by atoms with Crippen LogP contribution in [-0.2, 0) is 4.79 Å². The smallest absolute Gasteiger partial charge is 0.137 e. The summed E-state index contributed by atoms with van der Waals surface area (Å²) in [5, 5.41) is 3.54. The normalized spacial score (nSPS) is 48.6. The number of aldehydes is 1. The molecule has 5 aliphatic carbocycles. The number of nitrogens with two attached hydrogens (primary N) is 1.